The van der Waals surface area contributed by atoms with Gasteiger partial charge in [-0.2, -0.15) is 0 Å². The van der Waals surface area contributed by atoms with E-state index < -0.39 is 38.0 Å². The number of carbonyl (C=O) groups excluding carboxylic acids is 2. The molecule has 6 atom stereocenters. The summed E-state index contributed by atoms with van der Waals surface area (Å²) in [6.45, 7) is 15.3. The highest BCUT2D eigenvalue weighted by Crippen LogP contribution is 2.46. The molecule has 0 aromatic carbocycles. The number of methoxy groups -OCH3 is 1. The Morgan fingerprint density at radius 1 is 1.27 bits per heavy atom. The van der Waals surface area contributed by atoms with Gasteiger partial charge in [-0.3, -0.25) is 9.59 Å². The summed E-state index contributed by atoms with van der Waals surface area (Å²) in [5.41, 5.74) is 0. The van der Waals surface area contributed by atoms with Crippen molar-refractivity contribution in [3.05, 3.63) is 12.2 Å². The Hall–Kier alpha value is -1.22. The van der Waals surface area contributed by atoms with Crippen molar-refractivity contribution in [2.45, 2.75) is 70.7 Å². The summed E-state index contributed by atoms with van der Waals surface area (Å²) in [5, 5.41) is 0.0542. The minimum Gasteiger partial charge on any atom is -0.469 e. The van der Waals surface area contributed by atoms with Crippen molar-refractivity contribution in [2.75, 3.05) is 20.3 Å². The smallest absolute Gasteiger partial charge is 0.310 e. The van der Waals surface area contributed by atoms with E-state index in [1.54, 1.807) is 0 Å². The zero-order valence-corrected chi connectivity index (χ0v) is 20.4. The first kappa shape index (κ1) is 23.4. The molecule has 2 fully saturated rings. The summed E-state index contributed by atoms with van der Waals surface area (Å²) < 4.78 is 28.8. The third kappa shape index (κ3) is 4.37. The van der Waals surface area contributed by atoms with Gasteiger partial charge in [-0.25, -0.2) is 0 Å². The van der Waals surface area contributed by atoms with Crippen LogP contribution in [0.2, 0.25) is 18.1 Å². The van der Waals surface area contributed by atoms with Gasteiger partial charge < -0.3 is 23.4 Å². The molecule has 0 amide bonds. The van der Waals surface area contributed by atoms with Gasteiger partial charge >= 0.3 is 11.9 Å². The normalized spacial score (nSPS) is 35.8. The van der Waals surface area contributed by atoms with E-state index in [1.165, 1.54) is 7.11 Å². The Kier molecular flexibility index (Phi) is 6.28. The fourth-order valence-electron chi connectivity index (χ4n) is 4.26. The van der Waals surface area contributed by atoms with Crippen LogP contribution < -0.4 is 0 Å². The first-order valence-electron chi connectivity index (χ1n) is 10.7. The van der Waals surface area contributed by atoms with Gasteiger partial charge in [0.05, 0.1) is 25.6 Å². The van der Waals surface area contributed by atoms with Crippen LogP contribution in [0.15, 0.2) is 12.2 Å². The van der Waals surface area contributed by atoms with Gasteiger partial charge in [0.1, 0.15) is 12.2 Å². The Morgan fingerprint density at radius 2 is 1.93 bits per heavy atom. The van der Waals surface area contributed by atoms with Crippen LogP contribution in [0, 0.1) is 23.7 Å². The number of carbonyl (C=O) groups is 2. The van der Waals surface area contributed by atoms with E-state index in [4.69, 9.17) is 23.4 Å². The van der Waals surface area contributed by atoms with E-state index in [-0.39, 0.29) is 28.9 Å². The summed E-state index contributed by atoms with van der Waals surface area (Å²) >= 11 is 0. The minimum atomic E-state index is -2.00. The number of cyclic esters (lactones) is 1. The van der Waals surface area contributed by atoms with Gasteiger partial charge in [0.25, 0.3) is 0 Å². The lowest BCUT2D eigenvalue weighted by Crippen LogP contribution is -2.46. The lowest BCUT2D eigenvalue weighted by atomic mass is 9.69. The number of esters is 2. The molecule has 2 saturated heterocycles. The lowest BCUT2D eigenvalue weighted by molar-refractivity contribution is -0.164. The molecule has 7 nitrogen and oxygen atoms in total. The largest absolute Gasteiger partial charge is 0.469 e. The molecular formula is C22H36O7Si. The molecule has 0 bridgehead atoms. The lowest BCUT2D eigenvalue weighted by Gasteiger charge is -2.39. The molecule has 2 aliphatic heterocycles. The molecule has 3 aliphatic rings. The highest BCUT2D eigenvalue weighted by Gasteiger charge is 2.57. The Labute approximate surface area is 180 Å². The summed E-state index contributed by atoms with van der Waals surface area (Å²) in [6, 6.07) is 0. The Morgan fingerprint density at radius 3 is 2.47 bits per heavy atom. The third-order valence-electron chi connectivity index (χ3n) is 7.06. The molecule has 2 heterocycles. The molecule has 0 saturated carbocycles. The average Bonchev–Trinajstić information content (AvgIpc) is 3.17. The second-order valence-corrected chi connectivity index (χ2v) is 15.4. The van der Waals surface area contributed by atoms with E-state index in [0.717, 1.165) is 0 Å². The first-order valence-corrected chi connectivity index (χ1v) is 13.6. The van der Waals surface area contributed by atoms with E-state index in [2.05, 4.69) is 33.9 Å². The van der Waals surface area contributed by atoms with Gasteiger partial charge in [-0.05, 0) is 32.0 Å². The molecule has 1 aliphatic carbocycles. The SMILES string of the molecule is COC(=O)[C@@H]1[C@@H]2C(=O)O[C@H]([C@H]3COC(C)(C)O3)[C@H]2C=C[C@H]1CO[Si](C)(C)C(C)(C)C. The fraction of sp³-hybridized carbons (Fsp3) is 0.818. The van der Waals surface area contributed by atoms with Crippen LogP contribution in [0.5, 0.6) is 0 Å². The number of hydrogen-bond donors (Lipinski definition) is 0. The van der Waals surface area contributed by atoms with Crippen LogP contribution in [0.1, 0.15) is 34.6 Å². The molecule has 0 radical (unpaired) electrons. The summed E-state index contributed by atoms with van der Waals surface area (Å²) in [7, 11) is -0.647. The molecule has 0 N–H and O–H groups in total. The molecule has 0 unspecified atom stereocenters. The predicted octanol–water partition coefficient (Wildman–Crippen LogP) is 3.29. The van der Waals surface area contributed by atoms with Gasteiger partial charge in [-0.1, -0.05) is 32.9 Å². The molecule has 3 rings (SSSR count). The molecule has 8 heteroatoms. The van der Waals surface area contributed by atoms with Gasteiger partial charge in [-0.15, -0.1) is 0 Å². The molecule has 0 aromatic heterocycles. The Balaban J connectivity index is 1.83. The number of ether oxygens (including phenoxy) is 4. The maximum atomic E-state index is 12.9. The van der Waals surface area contributed by atoms with Gasteiger partial charge in [0, 0.05) is 18.4 Å². The second-order valence-electron chi connectivity index (χ2n) is 10.5. The van der Waals surface area contributed by atoms with Crippen LogP contribution in [0.4, 0.5) is 0 Å². The highest BCUT2D eigenvalue weighted by atomic mass is 28.4. The molecule has 0 spiro atoms. The topological polar surface area (TPSA) is 80.3 Å². The number of rotatable bonds is 5. The van der Waals surface area contributed by atoms with Crippen molar-refractivity contribution < 1.29 is 33.0 Å². The fourth-order valence-corrected chi connectivity index (χ4v) is 5.31. The molecule has 170 valence electrons. The van der Waals surface area contributed by atoms with Crippen LogP contribution in [0.3, 0.4) is 0 Å². The highest BCUT2D eigenvalue weighted by molar-refractivity contribution is 6.74. The van der Waals surface area contributed by atoms with Crippen LogP contribution in [-0.4, -0.2) is 58.6 Å². The zero-order valence-electron chi connectivity index (χ0n) is 19.4. The number of hydrogen-bond acceptors (Lipinski definition) is 7. The minimum absolute atomic E-state index is 0.0542. The average molecular weight is 441 g/mol. The summed E-state index contributed by atoms with van der Waals surface area (Å²) in [5.74, 6) is -3.23. The van der Waals surface area contributed by atoms with Crippen LogP contribution in [-0.2, 0) is 33.0 Å². The van der Waals surface area contributed by atoms with Crippen molar-refractivity contribution in [1.82, 2.24) is 0 Å². The molecule has 30 heavy (non-hydrogen) atoms. The molecular weight excluding hydrogens is 404 g/mol. The van der Waals surface area contributed by atoms with Crippen molar-refractivity contribution in [1.29, 1.82) is 0 Å². The second kappa shape index (κ2) is 8.04. The quantitative estimate of drug-likeness (QED) is 0.369. The van der Waals surface area contributed by atoms with E-state index in [9.17, 15) is 9.59 Å². The maximum Gasteiger partial charge on any atom is 0.310 e. The number of fused-ring (bicyclic) bond motifs is 1. The standard InChI is InChI=1S/C22H36O7Si/c1-21(2,3)30(7,8)27-11-13-9-10-14-17(16(13)19(23)25-6)20(24)28-18(14)15-12-26-22(4,5)29-15/h9-10,13-18H,11-12H2,1-8H3/t13-,14-,15+,16-,17+,18-/m0/s1. The monoisotopic (exact) mass is 440 g/mol. The first-order chi connectivity index (χ1) is 13.8. The Bertz CT molecular complexity index is 709. The molecule has 0 aromatic rings. The van der Waals surface area contributed by atoms with Crippen molar-refractivity contribution in [3.8, 4) is 0 Å². The zero-order chi connectivity index (χ0) is 22.5. The maximum absolute atomic E-state index is 12.9. The predicted molar refractivity (Wildman–Crippen MR) is 113 cm³/mol. The van der Waals surface area contributed by atoms with Gasteiger partial charge in [0.2, 0.25) is 0 Å². The third-order valence-corrected chi connectivity index (χ3v) is 11.6. The van der Waals surface area contributed by atoms with Crippen molar-refractivity contribution >= 4 is 20.3 Å². The van der Waals surface area contributed by atoms with Crippen LogP contribution >= 0.6 is 0 Å². The van der Waals surface area contributed by atoms with Crippen molar-refractivity contribution in [2.24, 2.45) is 23.7 Å². The van der Waals surface area contributed by atoms with E-state index in [0.29, 0.717) is 13.2 Å². The summed E-state index contributed by atoms with van der Waals surface area (Å²) in [6.07, 6.45) is 3.15. The summed E-state index contributed by atoms with van der Waals surface area (Å²) in [4.78, 5) is 25.6. The van der Waals surface area contributed by atoms with Gasteiger partial charge in [0.15, 0.2) is 14.1 Å². The van der Waals surface area contributed by atoms with E-state index in [1.807, 2.05) is 26.0 Å². The van der Waals surface area contributed by atoms with Crippen molar-refractivity contribution in [3.63, 3.8) is 0 Å². The van der Waals surface area contributed by atoms with Crippen LogP contribution in [0.25, 0.3) is 0 Å². The van der Waals surface area contributed by atoms with E-state index >= 15 is 0 Å².